The van der Waals surface area contributed by atoms with Crippen molar-refractivity contribution in [2.45, 2.75) is 32.6 Å². The molecule has 0 fully saturated rings. The Morgan fingerprint density at radius 3 is 1.45 bits per heavy atom. The molecule has 0 saturated carbocycles. The fraction of sp³-hybridized carbons (Fsp3) is 0.400. The minimum atomic E-state index is -0.0344. The van der Waals surface area contributed by atoms with Crippen LogP contribution in [0.15, 0.2) is 48.5 Å². The van der Waals surface area contributed by atoms with Gasteiger partial charge in [-0.2, -0.15) is 0 Å². The third kappa shape index (κ3) is 2.96. The van der Waals surface area contributed by atoms with Gasteiger partial charge in [-0.15, -0.1) is 0 Å². The number of benzene rings is 2. The molecular formula is C20H26O2. The van der Waals surface area contributed by atoms with Crippen LogP contribution in [0.2, 0.25) is 0 Å². The summed E-state index contributed by atoms with van der Waals surface area (Å²) >= 11 is 0. The van der Waals surface area contributed by atoms with Crippen LogP contribution in [0.25, 0.3) is 0 Å². The molecule has 2 aromatic carbocycles. The molecule has 2 rings (SSSR count). The molecule has 0 bridgehead atoms. The minimum Gasteiger partial charge on any atom is -0.497 e. The van der Waals surface area contributed by atoms with Gasteiger partial charge in [0, 0.05) is 5.41 Å². The Kier molecular flexibility index (Phi) is 5.12. The van der Waals surface area contributed by atoms with E-state index in [0.29, 0.717) is 5.92 Å². The van der Waals surface area contributed by atoms with Gasteiger partial charge in [-0.1, -0.05) is 51.5 Å². The Labute approximate surface area is 134 Å². The molecule has 0 spiro atoms. The highest BCUT2D eigenvalue weighted by Crippen LogP contribution is 2.41. The second-order valence-electron chi connectivity index (χ2n) is 5.97. The lowest BCUT2D eigenvalue weighted by molar-refractivity contribution is 0.361. The van der Waals surface area contributed by atoms with E-state index in [9.17, 15) is 0 Å². The number of rotatable bonds is 6. The average molecular weight is 298 g/mol. The highest BCUT2D eigenvalue weighted by atomic mass is 16.5. The van der Waals surface area contributed by atoms with E-state index in [2.05, 4.69) is 45.0 Å². The minimum absolute atomic E-state index is 0.0344. The molecule has 1 atom stereocenters. The molecule has 1 unspecified atom stereocenters. The normalized spacial score (nSPS) is 12.8. The lowest BCUT2D eigenvalue weighted by Crippen LogP contribution is -2.31. The SMILES string of the molecule is CCC(C)C(C)(c1ccc(OC)cc1)c1ccc(OC)cc1. The summed E-state index contributed by atoms with van der Waals surface area (Å²) in [5.74, 6) is 2.31. The van der Waals surface area contributed by atoms with E-state index in [1.807, 2.05) is 24.3 Å². The molecule has 0 saturated heterocycles. The molecule has 0 heterocycles. The van der Waals surface area contributed by atoms with Gasteiger partial charge in [0.05, 0.1) is 14.2 Å². The first-order chi connectivity index (χ1) is 10.6. The van der Waals surface area contributed by atoms with E-state index in [1.165, 1.54) is 11.1 Å². The maximum Gasteiger partial charge on any atom is 0.118 e. The topological polar surface area (TPSA) is 18.5 Å². The van der Waals surface area contributed by atoms with Crippen LogP contribution in [0.4, 0.5) is 0 Å². The third-order valence-electron chi connectivity index (χ3n) is 4.98. The van der Waals surface area contributed by atoms with E-state index in [-0.39, 0.29) is 5.41 Å². The van der Waals surface area contributed by atoms with Crippen LogP contribution >= 0.6 is 0 Å². The van der Waals surface area contributed by atoms with Crippen molar-refractivity contribution in [3.8, 4) is 11.5 Å². The Morgan fingerprint density at radius 1 is 0.818 bits per heavy atom. The fourth-order valence-corrected chi connectivity index (χ4v) is 3.02. The zero-order chi connectivity index (χ0) is 16.2. The van der Waals surface area contributed by atoms with Crippen LogP contribution in [0.5, 0.6) is 11.5 Å². The number of hydrogen-bond donors (Lipinski definition) is 0. The van der Waals surface area contributed by atoms with Crippen LogP contribution < -0.4 is 9.47 Å². The summed E-state index contributed by atoms with van der Waals surface area (Å²) in [6.45, 7) is 6.88. The monoisotopic (exact) mass is 298 g/mol. The zero-order valence-corrected chi connectivity index (χ0v) is 14.2. The maximum atomic E-state index is 5.29. The predicted octanol–water partition coefficient (Wildman–Crippen LogP) is 5.06. The van der Waals surface area contributed by atoms with Gasteiger partial charge in [0.2, 0.25) is 0 Å². The molecule has 0 aliphatic heterocycles. The molecule has 118 valence electrons. The van der Waals surface area contributed by atoms with Crippen molar-refractivity contribution in [3.63, 3.8) is 0 Å². The van der Waals surface area contributed by atoms with Crippen LogP contribution in [0.3, 0.4) is 0 Å². The van der Waals surface area contributed by atoms with Crippen LogP contribution in [0, 0.1) is 5.92 Å². The van der Waals surface area contributed by atoms with Gasteiger partial charge in [-0.3, -0.25) is 0 Å². The second-order valence-corrected chi connectivity index (χ2v) is 5.97. The Morgan fingerprint density at radius 2 is 1.18 bits per heavy atom. The molecule has 0 N–H and O–H groups in total. The molecule has 22 heavy (non-hydrogen) atoms. The summed E-state index contributed by atoms with van der Waals surface area (Å²) in [4.78, 5) is 0. The van der Waals surface area contributed by atoms with Gasteiger partial charge >= 0.3 is 0 Å². The highest BCUT2D eigenvalue weighted by molar-refractivity contribution is 5.43. The quantitative estimate of drug-likeness (QED) is 0.742. The second kappa shape index (κ2) is 6.87. The number of hydrogen-bond acceptors (Lipinski definition) is 2. The molecule has 2 nitrogen and oxygen atoms in total. The largest absolute Gasteiger partial charge is 0.497 e. The summed E-state index contributed by atoms with van der Waals surface area (Å²) in [6.07, 6.45) is 1.12. The Balaban J connectivity index is 2.50. The molecule has 0 aromatic heterocycles. The standard InChI is InChI=1S/C20H26O2/c1-6-15(2)20(3,16-7-11-18(21-4)12-8-16)17-9-13-19(22-5)14-10-17/h7-15H,6H2,1-5H3. The van der Waals surface area contributed by atoms with E-state index < -0.39 is 0 Å². The Hall–Kier alpha value is -1.96. The van der Waals surface area contributed by atoms with E-state index in [4.69, 9.17) is 9.47 Å². The van der Waals surface area contributed by atoms with Gasteiger partial charge in [-0.05, 0) is 41.3 Å². The molecule has 0 radical (unpaired) electrons. The highest BCUT2D eigenvalue weighted by Gasteiger charge is 2.34. The first kappa shape index (κ1) is 16.4. The van der Waals surface area contributed by atoms with Crippen LogP contribution in [0.1, 0.15) is 38.3 Å². The lowest BCUT2D eigenvalue weighted by atomic mass is 9.67. The third-order valence-corrected chi connectivity index (χ3v) is 4.98. The predicted molar refractivity (Wildman–Crippen MR) is 91.9 cm³/mol. The number of methoxy groups -OCH3 is 2. The summed E-state index contributed by atoms with van der Waals surface area (Å²) in [5, 5.41) is 0. The zero-order valence-electron chi connectivity index (χ0n) is 14.2. The first-order valence-corrected chi connectivity index (χ1v) is 7.85. The molecule has 0 aliphatic carbocycles. The van der Waals surface area contributed by atoms with Gasteiger partial charge in [0.15, 0.2) is 0 Å². The van der Waals surface area contributed by atoms with Gasteiger partial charge in [0.1, 0.15) is 11.5 Å². The number of ether oxygens (including phenoxy) is 2. The van der Waals surface area contributed by atoms with Crippen molar-refractivity contribution in [2.75, 3.05) is 14.2 Å². The fourth-order valence-electron chi connectivity index (χ4n) is 3.02. The average Bonchev–Trinajstić information content (AvgIpc) is 2.60. The van der Waals surface area contributed by atoms with Crippen molar-refractivity contribution in [1.29, 1.82) is 0 Å². The Bertz CT molecular complexity index is 537. The van der Waals surface area contributed by atoms with Crippen LogP contribution in [-0.4, -0.2) is 14.2 Å². The van der Waals surface area contributed by atoms with Gasteiger partial charge in [0.25, 0.3) is 0 Å². The summed E-state index contributed by atoms with van der Waals surface area (Å²) in [6, 6.07) is 16.9. The van der Waals surface area contributed by atoms with E-state index in [1.54, 1.807) is 14.2 Å². The van der Waals surface area contributed by atoms with Crippen molar-refractivity contribution in [1.82, 2.24) is 0 Å². The van der Waals surface area contributed by atoms with Gasteiger partial charge < -0.3 is 9.47 Å². The molecule has 2 aromatic rings. The molecule has 2 heteroatoms. The lowest BCUT2D eigenvalue weighted by Gasteiger charge is -2.37. The molecule has 0 aliphatic rings. The summed E-state index contributed by atoms with van der Waals surface area (Å²) < 4.78 is 10.6. The summed E-state index contributed by atoms with van der Waals surface area (Å²) in [7, 11) is 3.40. The van der Waals surface area contributed by atoms with Crippen molar-refractivity contribution >= 4 is 0 Å². The smallest absolute Gasteiger partial charge is 0.118 e. The summed E-state index contributed by atoms with van der Waals surface area (Å²) in [5.41, 5.74) is 2.59. The van der Waals surface area contributed by atoms with Crippen molar-refractivity contribution in [2.24, 2.45) is 5.92 Å². The molecule has 0 amide bonds. The van der Waals surface area contributed by atoms with Gasteiger partial charge in [-0.25, -0.2) is 0 Å². The maximum absolute atomic E-state index is 5.29. The van der Waals surface area contributed by atoms with Crippen LogP contribution in [-0.2, 0) is 5.41 Å². The first-order valence-electron chi connectivity index (χ1n) is 7.85. The van der Waals surface area contributed by atoms with Crippen molar-refractivity contribution < 1.29 is 9.47 Å². The van der Waals surface area contributed by atoms with E-state index >= 15 is 0 Å². The van der Waals surface area contributed by atoms with Crippen molar-refractivity contribution in [3.05, 3.63) is 59.7 Å². The van der Waals surface area contributed by atoms with E-state index in [0.717, 1.165) is 17.9 Å². The molecular weight excluding hydrogens is 272 g/mol.